The molecule has 2 rings (SSSR count). The van der Waals surface area contributed by atoms with Gasteiger partial charge < -0.3 is 4.42 Å². The Kier molecular flexibility index (Phi) is 3.74. The van der Waals surface area contributed by atoms with Crippen LogP contribution in [0.5, 0.6) is 0 Å². The number of aromatic nitrogens is 1. The van der Waals surface area contributed by atoms with E-state index in [9.17, 15) is 4.79 Å². The van der Waals surface area contributed by atoms with E-state index in [0.717, 1.165) is 11.1 Å². The Hall–Kier alpha value is -0.780. The minimum atomic E-state index is -0.310. The van der Waals surface area contributed by atoms with E-state index in [-0.39, 0.29) is 5.76 Å². The molecule has 0 unspecified atom stereocenters. The van der Waals surface area contributed by atoms with Crippen molar-refractivity contribution < 1.29 is 4.42 Å². The summed E-state index contributed by atoms with van der Waals surface area (Å²) in [4.78, 5) is 13.0. The molecule has 0 radical (unpaired) electrons. The van der Waals surface area contributed by atoms with Crippen molar-refractivity contribution >= 4 is 33.7 Å². The van der Waals surface area contributed by atoms with E-state index in [0.29, 0.717) is 5.58 Å². The van der Waals surface area contributed by atoms with Gasteiger partial charge in [-0.15, -0.1) is 0 Å². The van der Waals surface area contributed by atoms with Gasteiger partial charge in [-0.2, -0.15) is 0 Å². The predicted octanol–water partition coefficient (Wildman–Crippen LogP) is 2.49. The van der Waals surface area contributed by atoms with Crippen LogP contribution in [-0.2, 0) is 7.05 Å². The van der Waals surface area contributed by atoms with E-state index in [1.165, 1.54) is 4.57 Å². The van der Waals surface area contributed by atoms with E-state index in [1.807, 2.05) is 30.1 Å². The van der Waals surface area contributed by atoms with E-state index in [2.05, 4.69) is 22.6 Å². The Bertz CT molecular complexity index is 484. The lowest BCUT2D eigenvalue weighted by atomic mass is 10.2. The molecule has 0 aliphatic heterocycles. The molecule has 0 amide bonds. The van der Waals surface area contributed by atoms with Gasteiger partial charge in [-0.25, -0.2) is 4.79 Å². The van der Waals surface area contributed by atoms with Gasteiger partial charge in [-0.3, -0.25) is 4.57 Å². The summed E-state index contributed by atoms with van der Waals surface area (Å²) in [5.41, 5.74) is 2.62. The Morgan fingerprint density at radius 3 is 2.64 bits per heavy atom. The summed E-state index contributed by atoms with van der Waals surface area (Å²) in [6.07, 6.45) is 0. The topological polar surface area (TPSA) is 35.1 Å². The summed E-state index contributed by atoms with van der Waals surface area (Å²) in [6, 6.07) is 5.66. The molecule has 0 spiro atoms. The van der Waals surface area contributed by atoms with Gasteiger partial charge in [0.25, 0.3) is 0 Å². The van der Waals surface area contributed by atoms with Gasteiger partial charge in [0, 0.05) is 7.05 Å². The van der Waals surface area contributed by atoms with Crippen molar-refractivity contribution in [1.29, 1.82) is 0 Å². The van der Waals surface area contributed by atoms with Gasteiger partial charge in [0.2, 0.25) is 0 Å². The van der Waals surface area contributed by atoms with Crippen LogP contribution in [0.4, 0.5) is 0 Å². The Balaban J connectivity index is 0.000000461. The van der Waals surface area contributed by atoms with E-state index >= 15 is 0 Å². The molecule has 0 N–H and O–H groups in total. The number of hydrogen-bond donors (Lipinski definition) is 0. The molecule has 0 aliphatic carbocycles. The molecular weight excluding hydrogens is 293 g/mol. The maximum Gasteiger partial charge on any atom is 0.419 e. The molecule has 0 atom stereocenters. The molecule has 0 saturated carbocycles. The SMILES string of the molecule is CI.Cc1ccc2oc(=O)n(C)c2c1. The van der Waals surface area contributed by atoms with E-state index in [4.69, 9.17) is 4.42 Å². The van der Waals surface area contributed by atoms with Crippen LogP contribution in [0.1, 0.15) is 5.56 Å². The molecule has 0 aliphatic rings. The number of fused-ring (bicyclic) bond motifs is 1. The number of nitrogens with zero attached hydrogens (tertiary/aromatic N) is 1. The normalized spacial score (nSPS) is 9.71. The first-order chi connectivity index (χ1) is 6.68. The summed E-state index contributed by atoms with van der Waals surface area (Å²) in [5.74, 6) is -0.310. The second kappa shape index (κ2) is 4.63. The number of oxazole rings is 1. The fourth-order valence-electron chi connectivity index (χ4n) is 1.24. The number of halogens is 1. The molecular formula is C10H12INO2. The summed E-state index contributed by atoms with van der Waals surface area (Å²) in [5, 5.41) is 0. The third-order valence-corrected chi connectivity index (χ3v) is 1.95. The second-order valence-electron chi connectivity index (χ2n) is 2.90. The Labute approximate surface area is 95.9 Å². The first-order valence-corrected chi connectivity index (χ1v) is 6.28. The molecule has 2 aromatic rings. The van der Waals surface area contributed by atoms with Crippen molar-refractivity contribution in [1.82, 2.24) is 4.57 Å². The second-order valence-corrected chi connectivity index (χ2v) is 2.90. The van der Waals surface area contributed by atoms with Crippen LogP contribution in [0.3, 0.4) is 0 Å². The largest absolute Gasteiger partial charge is 0.419 e. The van der Waals surface area contributed by atoms with Crippen LogP contribution >= 0.6 is 22.6 Å². The van der Waals surface area contributed by atoms with E-state index < -0.39 is 0 Å². The zero-order chi connectivity index (χ0) is 10.7. The third-order valence-electron chi connectivity index (χ3n) is 1.95. The summed E-state index contributed by atoms with van der Waals surface area (Å²) < 4.78 is 6.46. The predicted molar refractivity (Wildman–Crippen MR) is 66.1 cm³/mol. The highest BCUT2D eigenvalue weighted by atomic mass is 127. The highest BCUT2D eigenvalue weighted by molar-refractivity contribution is 14.1. The van der Waals surface area contributed by atoms with Crippen molar-refractivity contribution in [3.05, 3.63) is 34.3 Å². The average Bonchev–Trinajstić information content (AvgIpc) is 2.48. The maximum absolute atomic E-state index is 11.0. The van der Waals surface area contributed by atoms with Crippen molar-refractivity contribution in [2.24, 2.45) is 7.05 Å². The third kappa shape index (κ3) is 2.00. The molecule has 1 aromatic heterocycles. The van der Waals surface area contributed by atoms with Crippen LogP contribution in [0.15, 0.2) is 27.4 Å². The molecule has 76 valence electrons. The zero-order valence-corrected chi connectivity index (χ0v) is 10.5. The van der Waals surface area contributed by atoms with Crippen molar-refractivity contribution in [2.45, 2.75) is 6.92 Å². The highest BCUT2D eigenvalue weighted by Gasteiger charge is 2.03. The average molecular weight is 305 g/mol. The summed E-state index contributed by atoms with van der Waals surface area (Å²) in [6.45, 7) is 1.98. The molecule has 3 nitrogen and oxygen atoms in total. The lowest BCUT2D eigenvalue weighted by Gasteiger charge is -1.92. The maximum atomic E-state index is 11.0. The highest BCUT2D eigenvalue weighted by Crippen LogP contribution is 2.12. The summed E-state index contributed by atoms with van der Waals surface area (Å²) >= 11 is 2.15. The molecule has 1 aromatic carbocycles. The minimum Gasteiger partial charge on any atom is -0.408 e. The number of benzene rings is 1. The number of rotatable bonds is 0. The first kappa shape index (κ1) is 11.3. The molecule has 0 saturated heterocycles. The van der Waals surface area contributed by atoms with E-state index in [1.54, 1.807) is 7.05 Å². The number of hydrogen-bond acceptors (Lipinski definition) is 2. The Morgan fingerprint density at radius 2 is 2.00 bits per heavy atom. The lowest BCUT2D eigenvalue weighted by Crippen LogP contribution is -2.08. The van der Waals surface area contributed by atoms with Crippen LogP contribution < -0.4 is 5.76 Å². The fraction of sp³-hybridized carbons (Fsp3) is 0.300. The molecule has 4 heteroatoms. The van der Waals surface area contributed by atoms with Crippen LogP contribution in [0.25, 0.3) is 11.1 Å². The van der Waals surface area contributed by atoms with Gasteiger partial charge >= 0.3 is 5.76 Å². The molecule has 1 heterocycles. The van der Waals surface area contributed by atoms with Gasteiger partial charge in [0.15, 0.2) is 5.58 Å². The monoisotopic (exact) mass is 305 g/mol. The quantitative estimate of drug-likeness (QED) is 0.554. The lowest BCUT2D eigenvalue weighted by molar-refractivity contribution is 0.528. The summed E-state index contributed by atoms with van der Waals surface area (Å²) in [7, 11) is 1.70. The molecule has 14 heavy (non-hydrogen) atoms. The van der Waals surface area contributed by atoms with Gasteiger partial charge in [0.1, 0.15) is 0 Å². The van der Waals surface area contributed by atoms with Crippen LogP contribution in [-0.4, -0.2) is 9.50 Å². The molecule has 0 bridgehead atoms. The van der Waals surface area contributed by atoms with Gasteiger partial charge in [-0.05, 0) is 29.6 Å². The zero-order valence-electron chi connectivity index (χ0n) is 8.37. The molecule has 0 fully saturated rings. The Morgan fingerprint density at radius 1 is 1.36 bits per heavy atom. The van der Waals surface area contributed by atoms with Crippen molar-refractivity contribution in [3.63, 3.8) is 0 Å². The van der Waals surface area contributed by atoms with Gasteiger partial charge in [-0.1, -0.05) is 28.7 Å². The smallest absolute Gasteiger partial charge is 0.408 e. The minimum absolute atomic E-state index is 0.310. The fourth-order valence-corrected chi connectivity index (χ4v) is 1.24. The van der Waals surface area contributed by atoms with Crippen LogP contribution in [0.2, 0.25) is 0 Å². The van der Waals surface area contributed by atoms with Crippen molar-refractivity contribution in [2.75, 3.05) is 4.93 Å². The number of alkyl halides is 1. The standard InChI is InChI=1S/C9H9NO2.CH3I/c1-6-3-4-8-7(5-6)10(2)9(11)12-8;1-2/h3-5H,1-2H3;1H3. The van der Waals surface area contributed by atoms with Crippen LogP contribution in [0, 0.1) is 6.92 Å². The number of aryl methyl sites for hydroxylation is 2. The van der Waals surface area contributed by atoms with Crippen molar-refractivity contribution in [3.8, 4) is 0 Å². The van der Waals surface area contributed by atoms with Gasteiger partial charge in [0.05, 0.1) is 5.52 Å². The first-order valence-electron chi connectivity index (χ1n) is 4.12.